The predicted octanol–water partition coefficient (Wildman–Crippen LogP) is 1.37. The third kappa shape index (κ3) is 2.61. The average molecular weight is 249 g/mol. The van der Waals surface area contributed by atoms with Crippen LogP contribution in [0.2, 0.25) is 0 Å². The molecule has 0 aliphatic carbocycles. The molecule has 98 valence electrons. The highest BCUT2D eigenvalue weighted by Crippen LogP contribution is 2.20. The van der Waals surface area contributed by atoms with Crippen LogP contribution in [0.5, 0.6) is 0 Å². The van der Waals surface area contributed by atoms with Gasteiger partial charge in [0.1, 0.15) is 0 Å². The number of carbonyl (C=O) groups is 1. The Labute approximate surface area is 107 Å². The molecular weight excluding hydrogens is 230 g/mol. The van der Waals surface area contributed by atoms with E-state index in [0.717, 1.165) is 25.2 Å². The van der Waals surface area contributed by atoms with Crippen molar-refractivity contribution in [1.82, 2.24) is 9.88 Å². The number of rotatable bonds is 4. The summed E-state index contributed by atoms with van der Waals surface area (Å²) in [7, 11) is 1.69. The molecular formula is C13H19N3O2. The van der Waals surface area contributed by atoms with Crippen LogP contribution in [0.25, 0.3) is 0 Å². The molecule has 1 fully saturated rings. The number of nitrogens with zero attached hydrogens (tertiary/aromatic N) is 2. The van der Waals surface area contributed by atoms with Gasteiger partial charge in [0.15, 0.2) is 0 Å². The van der Waals surface area contributed by atoms with Gasteiger partial charge in [-0.05, 0) is 19.4 Å². The van der Waals surface area contributed by atoms with Crippen LogP contribution in [0, 0.1) is 0 Å². The van der Waals surface area contributed by atoms with Crippen LogP contribution in [-0.4, -0.2) is 48.6 Å². The van der Waals surface area contributed by atoms with E-state index in [0.29, 0.717) is 12.1 Å². The van der Waals surface area contributed by atoms with Crippen LogP contribution < -0.4 is 5.32 Å². The molecule has 0 bridgehead atoms. The summed E-state index contributed by atoms with van der Waals surface area (Å²) < 4.78 is 5.28. The summed E-state index contributed by atoms with van der Waals surface area (Å²) in [6.07, 6.45) is 4.38. The van der Waals surface area contributed by atoms with E-state index >= 15 is 0 Å². The topological polar surface area (TPSA) is 54.5 Å². The van der Waals surface area contributed by atoms with Crippen molar-refractivity contribution < 1.29 is 9.53 Å². The van der Waals surface area contributed by atoms with E-state index in [1.807, 2.05) is 17.9 Å². The zero-order chi connectivity index (χ0) is 13.0. The molecule has 1 saturated heterocycles. The largest absolute Gasteiger partial charge is 0.385 e. The number of amides is 1. The molecule has 1 aromatic rings. The van der Waals surface area contributed by atoms with Crippen LogP contribution in [0.4, 0.5) is 5.69 Å². The molecule has 18 heavy (non-hydrogen) atoms. The maximum atomic E-state index is 12.4. The number of likely N-dealkylation sites (tertiary alicyclic amines) is 1. The Kier molecular flexibility index (Phi) is 4.15. The van der Waals surface area contributed by atoms with Gasteiger partial charge in [-0.2, -0.15) is 0 Å². The van der Waals surface area contributed by atoms with Crippen LogP contribution >= 0.6 is 0 Å². The number of pyridine rings is 1. The van der Waals surface area contributed by atoms with E-state index < -0.39 is 0 Å². The number of aromatic nitrogens is 1. The molecule has 1 N–H and O–H groups in total. The first-order chi connectivity index (χ1) is 8.76. The minimum Gasteiger partial charge on any atom is -0.385 e. The summed E-state index contributed by atoms with van der Waals surface area (Å²) in [6, 6.07) is 1.83. The molecule has 2 rings (SSSR count). The normalized spacial score (nSPS) is 19.0. The fourth-order valence-electron chi connectivity index (χ4n) is 2.18. The molecule has 5 heteroatoms. The zero-order valence-corrected chi connectivity index (χ0v) is 10.8. The highest BCUT2D eigenvalue weighted by molar-refractivity contribution is 5.99. The van der Waals surface area contributed by atoms with E-state index in [-0.39, 0.29) is 12.0 Å². The van der Waals surface area contributed by atoms with Gasteiger partial charge in [-0.25, -0.2) is 0 Å². The van der Waals surface area contributed by atoms with E-state index in [1.165, 1.54) is 0 Å². The minimum absolute atomic E-state index is 0.0265. The van der Waals surface area contributed by atoms with Gasteiger partial charge in [0.2, 0.25) is 0 Å². The molecule has 1 amide bonds. The van der Waals surface area contributed by atoms with E-state index in [9.17, 15) is 4.79 Å². The number of nitrogens with one attached hydrogen (secondary N) is 1. The lowest BCUT2D eigenvalue weighted by molar-refractivity contribution is 0.0724. The van der Waals surface area contributed by atoms with Gasteiger partial charge in [-0.3, -0.25) is 9.78 Å². The summed E-state index contributed by atoms with van der Waals surface area (Å²) in [4.78, 5) is 18.3. The van der Waals surface area contributed by atoms with Gasteiger partial charge in [0, 0.05) is 39.1 Å². The van der Waals surface area contributed by atoms with Gasteiger partial charge in [0.05, 0.1) is 17.4 Å². The smallest absolute Gasteiger partial charge is 0.257 e. The lowest BCUT2D eigenvalue weighted by Crippen LogP contribution is -2.30. The van der Waals surface area contributed by atoms with Crippen molar-refractivity contribution in [2.45, 2.75) is 19.4 Å². The van der Waals surface area contributed by atoms with Crippen molar-refractivity contribution >= 4 is 11.6 Å². The molecule has 1 atom stereocenters. The van der Waals surface area contributed by atoms with Crippen molar-refractivity contribution in [2.75, 3.05) is 32.1 Å². The molecule has 0 saturated carbocycles. The maximum absolute atomic E-state index is 12.4. The van der Waals surface area contributed by atoms with E-state index in [1.54, 1.807) is 19.5 Å². The van der Waals surface area contributed by atoms with Crippen molar-refractivity contribution in [1.29, 1.82) is 0 Å². The Morgan fingerprint density at radius 2 is 2.50 bits per heavy atom. The van der Waals surface area contributed by atoms with E-state index in [4.69, 9.17) is 4.74 Å². The summed E-state index contributed by atoms with van der Waals surface area (Å²) in [5, 5.41) is 3.19. The van der Waals surface area contributed by atoms with E-state index in [2.05, 4.69) is 10.3 Å². The summed E-state index contributed by atoms with van der Waals surface area (Å²) in [5.41, 5.74) is 1.48. The average Bonchev–Trinajstić information content (AvgIpc) is 2.88. The van der Waals surface area contributed by atoms with Crippen molar-refractivity contribution in [2.24, 2.45) is 0 Å². The minimum atomic E-state index is 0.0265. The standard InChI is InChI=1S/C13H19N3O2/c1-3-15-12-4-6-14-8-11(12)13(17)16-7-5-10(9-16)18-2/h4,6,8,10H,3,5,7,9H2,1-2H3,(H,14,15). The van der Waals surface area contributed by atoms with Gasteiger partial charge < -0.3 is 15.0 Å². The number of carbonyl (C=O) groups excluding carboxylic acids is 1. The first-order valence-corrected chi connectivity index (χ1v) is 6.26. The molecule has 5 nitrogen and oxygen atoms in total. The first kappa shape index (κ1) is 12.8. The second-order valence-electron chi connectivity index (χ2n) is 4.35. The van der Waals surface area contributed by atoms with Gasteiger partial charge in [-0.15, -0.1) is 0 Å². The molecule has 0 spiro atoms. The first-order valence-electron chi connectivity index (χ1n) is 6.26. The molecule has 2 heterocycles. The number of hydrogen-bond acceptors (Lipinski definition) is 4. The Morgan fingerprint density at radius 1 is 1.67 bits per heavy atom. The van der Waals surface area contributed by atoms with Gasteiger partial charge in [-0.1, -0.05) is 0 Å². The molecule has 0 radical (unpaired) electrons. The number of ether oxygens (including phenoxy) is 1. The van der Waals surface area contributed by atoms with Crippen molar-refractivity contribution in [3.8, 4) is 0 Å². The monoisotopic (exact) mass is 249 g/mol. The van der Waals surface area contributed by atoms with Crippen LogP contribution in [0.1, 0.15) is 23.7 Å². The third-order valence-electron chi connectivity index (χ3n) is 3.18. The molecule has 1 aliphatic heterocycles. The molecule has 0 aromatic carbocycles. The Morgan fingerprint density at radius 3 is 3.17 bits per heavy atom. The second-order valence-corrected chi connectivity index (χ2v) is 4.35. The summed E-state index contributed by atoms with van der Waals surface area (Å²) in [5.74, 6) is 0.0265. The highest BCUT2D eigenvalue weighted by atomic mass is 16.5. The number of methoxy groups -OCH3 is 1. The van der Waals surface area contributed by atoms with Crippen molar-refractivity contribution in [3.63, 3.8) is 0 Å². The van der Waals surface area contributed by atoms with Gasteiger partial charge >= 0.3 is 0 Å². The quantitative estimate of drug-likeness (QED) is 0.875. The predicted molar refractivity (Wildman–Crippen MR) is 69.7 cm³/mol. The lowest BCUT2D eigenvalue weighted by Gasteiger charge is -2.18. The Hall–Kier alpha value is -1.62. The molecule has 1 aromatic heterocycles. The van der Waals surface area contributed by atoms with Crippen molar-refractivity contribution in [3.05, 3.63) is 24.0 Å². The molecule has 1 unspecified atom stereocenters. The lowest BCUT2D eigenvalue weighted by atomic mass is 10.2. The van der Waals surface area contributed by atoms with Crippen LogP contribution in [-0.2, 0) is 4.74 Å². The highest BCUT2D eigenvalue weighted by Gasteiger charge is 2.27. The second kappa shape index (κ2) is 5.82. The fraction of sp³-hybridized carbons (Fsp3) is 0.538. The Bertz CT molecular complexity index is 422. The number of hydrogen-bond donors (Lipinski definition) is 1. The Balaban J connectivity index is 2.14. The summed E-state index contributed by atoms with van der Waals surface area (Å²) >= 11 is 0. The number of anilines is 1. The van der Waals surface area contributed by atoms with Crippen LogP contribution in [0.3, 0.4) is 0 Å². The summed E-state index contributed by atoms with van der Waals surface area (Å²) in [6.45, 7) is 4.20. The van der Waals surface area contributed by atoms with Crippen LogP contribution in [0.15, 0.2) is 18.5 Å². The maximum Gasteiger partial charge on any atom is 0.257 e. The fourth-order valence-corrected chi connectivity index (χ4v) is 2.18. The molecule has 1 aliphatic rings. The van der Waals surface area contributed by atoms with Gasteiger partial charge in [0.25, 0.3) is 5.91 Å². The SMILES string of the molecule is CCNc1ccncc1C(=O)N1CCC(OC)C1. The zero-order valence-electron chi connectivity index (χ0n) is 10.8. The third-order valence-corrected chi connectivity index (χ3v) is 3.18.